The molecular formula is C19H21N3O4S2. The third-order valence-corrected chi connectivity index (χ3v) is 8.14. The molecule has 1 saturated heterocycles. The van der Waals surface area contributed by atoms with E-state index in [0.717, 1.165) is 21.3 Å². The number of morpholine rings is 1. The lowest BCUT2D eigenvalue weighted by molar-refractivity contribution is -0.120. The molecule has 0 saturated carbocycles. The first-order valence-electron chi connectivity index (χ1n) is 9.02. The molecule has 0 spiro atoms. The number of thiophene rings is 1. The second kappa shape index (κ2) is 8.04. The highest BCUT2D eigenvalue weighted by molar-refractivity contribution is 7.91. The summed E-state index contributed by atoms with van der Waals surface area (Å²) in [5, 5.41) is 3.91. The zero-order valence-electron chi connectivity index (χ0n) is 15.2. The highest BCUT2D eigenvalue weighted by Crippen LogP contribution is 2.25. The highest BCUT2D eigenvalue weighted by atomic mass is 32.2. The van der Waals surface area contributed by atoms with E-state index < -0.39 is 10.0 Å². The van der Waals surface area contributed by atoms with E-state index in [2.05, 4.69) is 10.3 Å². The first kappa shape index (κ1) is 19.1. The van der Waals surface area contributed by atoms with E-state index in [-0.39, 0.29) is 12.3 Å². The maximum atomic E-state index is 12.7. The van der Waals surface area contributed by atoms with Gasteiger partial charge in [-0.15, -0.1) is 11.3 Å². The Hall–Kier alpha value is -2.20. The van der Waals surface area contributed by atoms with Crippen LogP contribution in [0.4, 0.5) is 0 Å². The highest BCUT2D eigenvalue weighted by Gasteiger charge is 2.27. The van der Waals surface area contributed by atoms with Crippen LogP contribution in [0.25, 0.3) is 10.9 Å². The average Bonchev–Trinajstić information content (AvgIpc) is 3.35. The molecular weight excluding hydrogens is 398 g/mol. The van der Waals surface area contributed by atoms with Crippen molar-refractivity contribution >= 4 is 38.2 Å². The van der Waals surface area contributed by atoms with Gasteiger partial charge in [-0.3, -0.25) is 4.79 Å². The number of aromatic nitrogens is 1. The molecule has 3 aromatic rings. The van der Waals surface area contributed by atoms with Crippen LogP contribution in [0.2, 0.25) is 0 Å². The van der Waals surface area contributed by atoms with Crippen LogP contribution in [-0.2, 0) is 32.5 Å². The second-order valence-corrected chi connectivity index (χ2v) is 9.88. The predicted molar refractivity (Wildman–Crippen MR) is 108 cm³/mol. The molecule has 0 bridgehead atoms. The Morgan fingerprint density at radius 3 is 2.79 bits per heavy atom. The van der Waals surface area contributed by atoms with Crippen molar-refractivity contribution < 1.29 is 17.9 Å². The van der Waals surface area contributed by atoms with Gasteiger partial charge in [0.1, 0.15) is 4.21 Å². The number of sulfonamides is 1. The van der Waals surface area contributed by atoms with Gasteiger partial charge in [0.2, 0.25) is 5.91 Å². The first-order valence-corrected chi connectivity index (χ1v) is 11.3. The third-order valence-electron chi connectivity index (χ3n) is 4.69. The molecule has 1 aromatic carbocycles. The van der Waals surface area contributed by atoms with Crippen LogP contribution in [-0.4, -0.2) is 49.9 Å². The van der Waals surface area contributed by atoms with Gasteiger partial charge in [0.15, 0.2) is 0 Å². The standard InChI is InChI=1S/C19H21N3O4S2/c23-18(11-14-12-20-17-4-2-1-3-16(14)17)21-13-15-5-6-19(27-15)28(24,25)22-7-9-26-10-8-22/h1-6,12,20H,7-11,13H2,(H,21,23). The van der Waals surface area contributed by atoms with E-state index in [1.165, 1.54) is 15.6 Å². The molecule has 28 heavy (non-hydrogen) atoms. The summed E-state index contributed by atoms with van der Waals surface area (Å²) in [5.41, 5.74) is 1.94. The van der Waals surface area contributed by atoms with Crippen molar-refractivity contribution in [3.63, 3.8) is 0 Å². The molecule has 1 amide bonds. The van der Waals surface area contributed by atoms with Crippen molar-refractivity contribution in [3.05, 3.63) is 53.0 Å². The van der Waals surface area contributed by atoms with Gasteiger partial charge in [-0.25, -0.2) is 8.42 Å². The van der Waals surface area contributed by atoms with Gasteiger partial charge in [-0.2, -0.15) is 4.31 Å². The van der Waals surface area contributed by atoms with Crippen LogP contribution in [0, 0.1) is 0 Å². The number of H-pyrrole nitrogens is 1. The Morgan fingerprint density at radius 1 is 1.18 bits per heavy atom. The van der Waals surface area contributed by atoms with Gasteiger partial charge in [0.25, 0.3) is 10.0 Å². The summed E-state index contributed by atoms with van der Waals surface area (Å²) >= 11 is 1.19. The number of ether oxygens (including phenoxy) is 1. The number of hydrogen-bond donors (Lipinski definition) is 2. The predicted octanol–water partition coefficient (Wildman–Crippen LogP) is 2.11. The Morgan fingerprint density at radius 2 is 1.96 bits per heavy atom. The van der Waals surface area contributed by atoms with Crippen molar-refractivity contribution in [2.45, 2.75) is 17.2 Å². The minimum atomic E-state index is -3.49. The molecule has 148 valence electrons. The number of hydrogen-bond acceptors (Lipinski definition) is 5. The maximum absolute atomic E-state index is 12.7. The van der Waals surface area contributed by atoms with Crippen LogP contribution in [0.1, 0.15) is 10.4 Å². The number of aromatic amines is 1. The number of nitrogens with one attached hydrogen (secondary N) is 2. The van der Waals surface area contributed by atoms with Crippen LogP contribution in [0.3, 0.4) is 0 Å². The molecule has 7 nitrogen and oxygen atoms in total. The zero-order valence-corrected chi connectivity index (χ0v) is 16.8. The molecule has 0 unspecified atom stereocenters. The Balaban J connectivity index is 1.37. The molecule has 0 aliphatic carbocycles. The van der Waals surface area contributed by atoms with Gasteiger partial charge >= 0.3 is 0 Å². The summed E-state index contributed by atoms with van der Waals surface area (Å²) in [7, 11) is -3.49. The zero-order chi connectivity index (χ0) is 19.6. The van der Waals surface area contributed by atoms with E-state index >= 15 is 0 Å². The monoisotopic (exact) mass is 419 g/mol. The average molecular weight is 420 g/mol. The topological polar surface area (TPSA) is 91.5 Å². The van der Waals surface area contributed by atoms with Crippen molar-refractivity contribution in [2.24, 2.45) is 0 Å². The van der Waals surface area contributed by atoms with E-state index in [4.69, 9.17) is 4.74 Å². The summed E-state index contributed by atoms with van der Waals surface area (Å²) in [6.07, 6.45) is 2.12. The number of benzene rings is 1. The molecule has 2 N–H and O–H groups in total. The number of amides is 1. The van der Waals surface area contributed by atoms with Gasteiger partial charge in [0.05, 0.1) is 26.2 Å². The lowest BCUT2D eigenvalue weighted by Gasteiger charge is -2.25. The van der Waals surface area contributed by atoms with Crippen LogP contribution >= 0.6 is 11.3 Å². The Kier molecular flexibility index (Phi) is 5.49. The Bertz CT molecular complexity index is 1080. The number of carbonyl (C=O) groups is 1. The summed E-state index contributed by atoms with van der Waals surface area (Å²) in [6.45, 7) is 1.89. The van der Waals surface area contributed by atoms with E-state index in [9.17, 15) is 13.2 Å². The van der Waals surface area contributed by atoms with Crippen LogP contribution in [0.5, 0.6) is 0 Å². The normalized spacial score (nSPS) is 15.7. The summed E-state index contributed by atoms with van der Waals surface area (Å²) in [5.74, 6) is -0.101. The molecule has 2 aromatic heterocycles. The SMILES string of the molecule is O=C(Cc1c[nH]c2ccccc12)NCc1ccc(S(=O)(=O)N2CCOCC2)s1. The molecule has 1 aliphatic heterocycles. The third kappa shape index (κ3) is 3.97. The number of carbonyl (C=O) groups excluding carboxylic acids is 1. The lowest BCUT2D eigenvalue weighted by atomic mass is 10.1. The second-order valence-electron chi connectivity index (χ2n) is 6.55. The fourth-order valence-corrected chi connectivity index (χ4v) is 6.06. The smallest absolute Gasteiger partial charge is 0.252 e. The van der Waals surface area contributed by atoms with Crippen molar-refractivity contribution in [3.8, 4) is 0 Å². The molecule has 3 heterocycles. The van der Waals surface area contributed by atoms with Crippen molar-refractivity contribution in [2.75, 3.05) is 26.3 Å². The number of rotatable bonds is 6. The van der Waals surface area contributed by atoms with Gasteiger partial charge in [-0.1, -0.05) is 18.2 Å². The molecule has 4 rings (SSSR count). The fourth-order valence-electron chi connectivity index (χ4n) is 3.21. The molecule has 1 fully saturated rings. The quantitative estimate of drug-likeness (QED) is 0.640. The molecule has 0 radical (unpaired) electrons. The van der Waals surface area contributed by atoms with E-state index in [1.807, 2.05) is 30.5 Å². The van der Waals surface area contributed by atoms with Crippen LogP contribution < -0.4 is 5.32 Å². The van der Waals surface area contributed by atoms with Crippen LogP contribution in [0.15, 0.2) is 46.8 Å². The number of fused-ring (bicyclic) bond motifs is 1. The summed E-state index contributed by atoms with van der Waals surface area (Å²) in [4.78, 5) is 16.3. The van der Waals surface area contributed by atoms with Gasteiger partial charge in [0, 0.05) is 35.1 Å². The maximum Gasteiger partial charge on any atom is 0.252 e. The summed E-state index contributed by atoms with van der Waals surface area (Å²) < 4.78 is 32.3. The van der Waals surface area contributed by atoms with Crippen molar-refractivity contribution in [1.29, 1.82) is 0 Å². The number of para-hydroxylation sites is 1. The van der Waals surface area contributed by atoms with E-state index in [1.54, 1.807) is 12.1 Å². The van der Waals surface area contributed by atoms with Gasteiger partial charge in [-0.05, 0) is 23.8 Å². The largest absolute Gasteiger partial charge is 0.379 e. The lowest BCUT2D eigenvalue weighted by Crippen LogP contribution is -2.40. The summed E-state index contributed by atoms with van der Waals surface area (Å²) in [6, 6.07) is 11.2. The van der Waals surface area contributed by atoms with Crippen molar-refractivity contribution in [1.82, 2.24) is 14.6 Å². The molecule has 1 aliphatic rings. The van der Waals surface area contributed by atoms with Gasteiger partial charge < -0.3 is 15.0 Å². The minimum absolute atomic E-state index is 0.101. The first-order chi connectivity index (χ1) is 13.5. The Labute approximate surface area is 167 Å². The molecule has 0 atom stereocenters. The number of nitrogens with zero attached hydrogens (tertiary/aromatic N) is 1. The fraction of sp³-hybridized carbons (Fsp3) is 0.316. The molecule has 9 heteroatoms. The van der Waals surface area contributed by atoms with E-state index in [0.29, 0.717) is 37.1 Å². The minimum Gasteiger partial charge on any atom is -0.379 e.